The van der Waals surface area contributed by atoms with Crippen molar-refractivity contribution in [3.8, 4) is 0 Å². The van der Waals surface area contributed by atoms with Crippen LogP contribution in [0.1, 0.15) is 16.1 Å². The van der Waals surface area contributed by atoms with Crippen LogP contribution in [0.15, 0.2) is 36.5 Å². The predicted octanol–water partition coefficient (Wildman–Crippen LogP) is 2.62. The molecule has 5 nitrogen and oxygen atoms in total. The standard InChI is InChI=1S/C16H16FN3O2S/c1-10-13(6-7-18-10)16(22)20-9-23-8-14(20)15(21)19-12-4-2-11(17)3-5-12/h2-7,14,18H,8-9H2,1H3,(H,19,21). The molecule has 1 fully saturated rings. The largest absolute Gasteiger partial charge is 0.365 e. The van der Waals surface area contributed by atoms with Crippen LogP contribution in [0.2, 0.25) is 0 Å². The number of benzene rings is 1. The van der Waals surface area contributed by atoms with Crippen molar-refractivity contribution in [1.82, 2.24) is 9.88 Å². The van der Waals surface area contributed by atoms with Gasteiger partial charge in [-0.1, -0.05) is 0 Å². The molecule has 120 valence electrons. The van der Waals surface area contributed by atoms with Crippen LogP contribution in [0.4, 0.5) is 10.1 Å². The summed E-state index contributed by atoms with van der Waals surface area (Å²) in [6.45, 7) is 1.82. The first-order chi connectivity index (χ1) is 11.1. The van der Waals surface area contributed by atoms with Crippen LogP contribution in [-0.4, -0.2) is 39.4 Å². The Labute approximate surface area is 137 Å². The SMILES string of the molecule is Cc1[nH]ccc1C(=O)N1CSCC1C(=O)Nc1ccc(F)cc1. The van der Waals surface area contributed by atoms with Gasteiger partial charge in [0.2, 0.25) is 5.91 Å². The van der Waals surface area contributed by atoms with Gasteiger partial charge >= 0.3 is 0 Å². The molecule has 2 N–H and O–H groups in total. The van der Waals surface area contributed by atoms with E-state index < -0.39 is 6.04 Å². The monoisotopic (exact) mass is 333 g/mol. The lowest BCUT2D eigenvalue weighted by molar-refractivity contribution is -0.119. The number of hydrogen-bond acceptors (Lipinski definition) is 3. The lowest BCUT2D eigenvalue weighted by atomic mass is 10.2. The van der Waals surface area contributed by atoms with E-state index in [-0.39, 0.29) is 17.6 Å². The number of nitrogens with zero attached hydrogens (tertiary/aromatic N) is 1. The molecule has 1 unspecified atom stereocenters. The molecular formula is C16H16FN3O2S. The van der Waals surface area contributed by atoms with E-state index in [9.17, 15) is 14.0 Å². The van der Waals surface area contributed by atoms with E-state index in [0.29, 0.717) is 22.9 Å². The van der Waals surface area contributed by atoms with E-state index in [1.807, 2.05) is 6.92 Å². The van der Waals surface area contributed by atoms with Gasteiger partial charge < -0.3 is 15.2 Å². The Morgan fingerprint density at radius 3 is 2.70 bits per heavy atom. The molecule has 2 amide bonds. The molecule has 1 atom stereocenters. The third kappa shape index (κ3) is 3.24. The number of aromatic nitrogens is 1. The van der Waals surface area contributed by atoms with Crippen LogP contribution in [0.5, 0.6) is 0 Å². The van der Waals surface area contributed by atoms with Crippen molar-refractivity contribution in [1.29, 1.82) is 0 Å². The van der Waals surface area contributed by atoms with Crippen molar-refractivity contribution in [2.45, 2.75) is 13.0 Å². The molecule has 0 bridgehead atoms. The molecule has 1 aliphatic heterocycles. The smallest absolute Gasteiger partial charge is 0.257 e. The van der Waals surface area contributed by atoms with Crippen molar-refractivity contribution >= 4 is 29.3 Å². The van der Waals surface area contributed by atoms with E-state index in [0.717, 1.165) is 5.69 Å². The van der Waals surface area contributed by atoms with E-state index in [2.05, 4.69) is 10.3 Å². The van der Waals surface area contributed by atoms with E-state index in [1.165, 1.54) is 36.0 Å². The van der Waals surface area contributed by atoms with Crippen LogP contribution in [0.25, 0.3) is 0 Å². The number of aromatic amines is 1. The Kier molecular flexibility index (Phi) is 4.38. The lowest BCUT2D eigenvalue weighted by Crippen LogP contribution is -2.44. The highest BCUT2D eigenvalue weighted by Crippen LogP contribution is 2.25. The molecule has 0 radical (unpaired) electrons. The third-order valence-corrected chi connectivity index (χ3v) is 4.75. The number of anilines is 1. The lowest BCUT2D eigenvalue weighted by Gasteiger charge is -2.23. The van der Waals surface area contributed by atoms with Gasteiger partial charge in [0.15, 0.2) is 0 Å². The Balaban J connectivity index is 1.73. The maximum absolute atomic E-state index is 12.9. The second-order valence-corrected chi connectivity index (χ2v) is 6.30. The van der Waals surface area contributed by atoms with Gasteiger partial charge in [-0.2, -0.15) is 0 Å². The second kappa shape index (κ2) is 6.45. The summed E-state index contributed by atoms with van der Waals surface area (Å²) < 4.78 is 12.9. The minimum Gasteiger partial charge on any atom is -0.365 e. The molecule has 23 heavy (non-hydrogen) atoms. The van der Waals surface area contributed by atoms with Crippen molar-refractivity contribution in [2.24, 2.45) is 0 Å². The summed E-state index contributed by atoms with van der Waals surface area (Å²) in [5.41, 5.74) is 1.87. The van der Waals surface area contributed by atoms with Crippen molar-refractivity contribution in [3.05, 3.63) is 53.6 Å². The van der Waals surface area contributed by atoms with Gasteiger partial charge in [0.1, 0.15) is 11.9 Å². The van der Waals surface area contributed by atoms with Gasteiger partial charge in [-0.15, -0.1) is 11.8 Å². The number of amides is 2. The number of nitrogens with one attached hydrogen (secondary N) is 2. The molecule has 0 aliphatic carbocycles. The molecule has 1 aromatic carbocycles. The van der Waals surface area contributed by atoms with Gasteiger partial charge in [0.25, 0.3) is 5.91 Å². The fraction of sp³-hybridized carbons (Fsp3) is 0.250. The van der Waals surface area contributed by atoms with Gasteiger partial charge in [-0.3, -0.25) is 9.59 Å². The first-order valence-corrected chi connectivity index (χ1v) is 8.31. The number of carbonyl (C=O) groups is 2. The zero-order chi connectivity index (χ0) is 16.4. The number of hydrogen-bond donors (Lipinski definition) is 2. The summed E-state index contributed by atoms with van der Waals surface area (Å²) in [7, 11) is 0. The highest BCUT2D eigenvalue weighted by molar-refractivity contribution is 7.99. The Morgan fingerprint density at radius 2 is 2.04 bits per heavy atom. The van der Waals surface area contributed by atoms with Crippen LogP contribution < -0.4 is 5.32 Å². The molecule has 0 saturated carbocycles. The summed E-state index contributed by atoms with van der Waals surface area (Å²) in [6.07, 6.45) is 1.71. The number of rotatable bonds is 3. The normalized spacial score (nSPS) is 17.3. The van der Waals surface area contributed by atoms with Crippen LogP contribution >= 0.6 is 11.8 Å². The minimum atomic E-state index is -0.535. The van der Waals surface area contributed by atoms with Gasteiger partial charge in [-0.25, -0.2) is 4.39 Å². The maximum Gasteiger partial charge on any atom is 0.257 e. The zero-order valence-electron chi connectivity index (χ0n) is 12.5. The number of thioether (sulfide) groups is 1. The Bertz CT molecular complexity index is 729. The second-order valence-electron chi connectivity index (χ2n) is 5.30. The Morgan fingerprint density at radius 1 is 1.30 bits per heavy atom. The molecule has 1 aliphatic rings. The minimum absolute atomic E-state index is 0.159. The summed E-state index contributed by atoms with van der Waals surface area (Å²) >= 11 is 1.54. The van der Waals surface area contributed by atoms with Gasteiger partial charge in [0, 0.05) is 23.3 Å². The number of halogens is 1. The molecule has 1 aromatic heterocycles. The number of carbonyl (C=O) groups excluding carboxylic acids is 2. The average Bonchev–Trinajstić information content (AvgIpc) is 3.17. The summed E-state index contributed by atoms with van der Waals surface area (Å²) in [5, 5.41) is 2.74. The maximum atomic E-state index is 12.9. The summed E-state index contributed by atoms with van der Waals surface area (Å²) in [6, 6.07) is 6.74. The quantitative estimate of drug-likeness (QED) is 0.907. The molecule has 0 spiro atoms. The third-order valence-electron chi connectivity index (χ3n) is 3.74. The topological polar surface area (TPSA) is 65.2 Å². The average molecular weight is 333 g/mol. The summed E-state index contributed by atoms with van der Waals surface area (Å²) in [5.74, 6) is 0.239. The van der Waals surface area contributed by atoms with Crippen molar-refractivity contribution in [3.63, 3.8) is 0 Å². The summed E-state index contributed by atoms with van der Waals surface area (Å²) in [4.78, 5) is 29.6. The first kappa shape index (κ1) is 15.6. The molecule has 2 heterocycles. The number of aryl methyl sites for hydroxylation is 1. The van der Waals surface area contributed by atoms with Crippen LogP contribution in [0, 0.1) is 12.7 Å². The van der Waals surface area contributed by atoms with Gasteiger partial charge in [-0.05, 0) is 37.3 Å². The van der Waals surface area contributed by atoms with E-state index in [4.69, 9.17) is 0 Å². The highest BCUT2D eigenvalue weighted by atomic mass is 32.2. The molecule has 3 rings (SSSR count). The Hall–Kier alpha value is -2.28. The predicted molar refractivity (Wildman–Crippen MR) is 87.8 cm³/mol. The van der Waals surface area contributed by atoms with Crippen molar-refractivity contribution < 1.29 is 14.0 Å². The number of H-pyrrole nitrogens is 1. The van der Waals surface area contributed by atoms with Gasteiger partial charge in [0.05, 0.1) is 11.4 Å². The molecular weight excluding hydrogens is 317 g/mol. The molecule has 1 saturated heterocycles. The molecule has 2 aromatic rings. The molecule has 7 heteroatoms. The van der Waals surface area contributed by atoms with Crippen molar-refractivity contribution in [2.75, 3.05) is 16.9 Å². The van der Waals surface area contributed by atoms with Crippen LogP contribution in [-0.2, 0) is 4.79 Å². The van der Waals surface area contributed by atoms with E-state index in [1.54, 1.807) is 17.2 Å². The van der Waals surface area contributed by atoms with Crippen LogP contribution in [0.3, 0.4) is 0 Å². The highest BCUT2D eigenvalue weighted by Gasteiger charge is 2.35. The first-order valence-electron chi connectivity index (χ1n) is 7.15. The fourth-order valence-corrected chi connectivity index (χ4v) is 3.61. The van der Waals surface area contributed by atoms with E-state index >= 15 is 0 Å². The fourth-order valence-electron chi connectivity index (χ4n) is 2.46. The zero-order valence-corrected chi connectivity index (χ0v) is 13.3.